The Hall–Kier alpha value is -1.52. The van der Waals surface area contributed by atoms with Gasteiger partial charge in [0.15, 0.2) is 0 Å². The smallest absolute Gasteiger partial charge is 0.102 e. The minimum atomic E-state index is 1.04. The Morgan fingerprint density at radius 3 is 2.48 bits per heavy atom. The van der Waals surface area contributed by atoms with E-state index in [1.807, 2.05) is 11.8 Å². The molecular weight excluding hydrogens is 392 g/mol. The lowest BCUT2D eigenvalue weighted by atomic mass is 9.95. The van der Waals surface area contributed by atoms with Crippen LogP contribution in [0.25, 0.3) is 0 Å². The summed E-state index contributed by atoms with van der Waals surface area (Å²) < 4.78 is 1.10. The molecule has 0 N–H and O–H groups in total. The van der Waals surface area contributed by atoms with Crippen molar-refractivity contribution in [2.75, 3.05) is 17.2 Å². The van der Waals surface area contributed by atoms with Crippen LogP contribution in [0, 0.1) is 0 Å². The summed E-state index contributed by atoms with van der Waals surface area (Å²) in [4.78, 5) is 7.53. The molecule has 2 aromatic rings. The molecule has 1 heterocycles. The molecule has 0 radical (unpaired) electrons. The predicted octanol–water partition coefficient (Wildman–Crippen LogP) is 6.56. The normalized spacial score (nSPS) is 19.7. The van der Waals surface area contributed by atoms with Gasteiger partial charge in [-0.3, -0.25) is 0 Å². The monoisotopic (exact) mass is 412 g/mol. The van der Waals surface area contributed by atoms with Gasteiger partial charge in [-0.15, -0.1) is 11.8 Å². The molecule has 0 saturated carbocycles. The van der Waals surface area contributed by atoms with Crippen molar-refractivity contribution < 1.29 is 0 Å². The van der Waals surface area contributed by atoms with Gasteiger partial charge in [-0.25, -0.2) is 4.99 Å². The first-order chi connectivity index (χ1) is 12.3. The zero-order valence-electron chi connectivity index (χ0n) is 14.1. The minimum absolute atomic E-state index is 1.04. The number of aliphatic imine (C=N–C) groups is 1. The molecule has 4 heteroatoms. The van der Waals surface area contributed by atoms with Gasteiger partial charge < -0.3 is 4.90 Å². The SMILES string of the molecule is Brc1ccc(N=C2SCCN(c3ccccc3)C3=C2CCCC3)cc1. The number of benzene rings is 2. The Labute approximate surface area is 162 Å². The summed E-state index contributed by atoms with van der Waals surface area (Å²) in [6.45, 7) is 1.05. The summed E-state index contributed by atoms with van der Waals surface area (Å²) >= 11 is 5.41. The quantitative estimate of drug-likeness (QED) is 0.554. The zero-order chi connectivity index (χ0) is 17.1. The van der Waals surface area contributed by atoms with E-state index >= 15 is 0 Å². The third-order valence-corrected chi connectivity index (χ3v) is 6.23. The van der Waals surface area contributed by atoms with Gasteiger partial charge in [-0.2, -0.15) is 0 Å². The van der Waals surface area contributed by atoms with E-state index in [2.05, 4.69) is 75.4 Å². The molecule has 1 aliphatic heterocycles. The second kappa shape index (κ2) is 7.79. The predicted molar refractivity (Wildman–Crippen MR) is 113 cm³/mol. The molecule has 0 aromatic heterocycles. The molecule has 128 valence electrons. The summed E-state index contributed by atoms with van der Waals surface area (Å²) in [6, 6.07) is 19.1. The number of para-hydroxylation sites is 1. The molecule has 0 bridgehead atoms. The van der Waals surface area contributed by atoms with Crippen molar-refractivity contribution in [3.05, 3.63) is 70.3 Å². The van der Waals surface area contributed by atoms with Gasteiger partial charge in [-0.05, 0) is 62.1 Å². The largest absolute Gasteiger partial charge is 0.344 e. The van der Waals surface area contributed by atoms with Gasteiger partial charge >= 0.3 is 0 Å². The van der Waals surface area contributed by atoms with Gasteiger partial charge in [-0.1, -0.05) is 34.1 Å². The van der Waals surface area contributed by atoms with E-state index < -0.39 is 0 Å². The molecule has 0 spiro atoms. The first-order valence-electron chi connectivity index (χ1n) is 8.83. The average Bonchev–Trinajstić information content (AvgIpc) is 2.84. The van der Waals surface area contributed by atoms with Crippen LogP contribution in [0.5, 0.6) is 0 Å². The summed E-state index contributed by atoms with van der Waals surface area (Å²) in [6.07, 6.45) is 4.84. The molecule has 0 fully saturated rings. The number of nitrogens with zero attached hydrogens (tertiary/aromatic N) is 2. The zero-order valence-corrected chi connectivity index (χ0v) is 16.5. The summed E-state index contributed by atoms with van der Waals surface area (Å²) in [5.74, 6) is 1.07. The number of thioether (sulfide) groups is 1. The fraction of sp³-hybridized carbons (Fsp3) is 0.286. The Balaban J connectivity index is 1.75. The van der Waals surface area contributed by atoms with Crippen molar-refractivity contribution in [2.45, 2.75) is 25.7 Å². The Bertz CT molecular complexity index is 796. The Kier molecular flexibility index (Phi) is 5.28. The third kappa shape index (κ3) is 3.85. The van der Waals surface area contributed by atoms with Crippen molar-refractivity contribution >= 4 is 44.1 Å². The maximum atomic E-state index is 5.01. The second-order valence-electron chi connectivity index (χ2n) is 6.36. The number of allylic oxidation sites excluding steroid dienone is 1. The van der Waals surface area contributed by atoms with Crippen molar-refractivity contribution in [3.8, 4) is 0 Å². The third-order valence-electron chi connectivity index (χ3n) is 4.70. The molecule has 0 saturated heterocycles. The number of hydrogen-bond acceptors (Lipinski definition) is 3. The van der Waals surface area contributed by atoms with Crippen molar-refractivity contribution in [2.24, 2.45) is 4.99 Å². The van der Waals surface area contributed by atoms with Crippen molar-refractivity contribution in [3.63, 3.8) is 0 Å². The van der Waals surface area contributed by atoms with Crippen LogP contribution in [-0.2, 0) is 0 Å². The van der Waals surface area contributed by atoms with E-state index in [0.29, 0.717) is 0 Å². The van der Waals surface area contributed by atoms with E-state index in [9.17, 15) is 0 Å². The van der Waals surface area contributed by atoms with E-state index in [4.69, 9.17) is 4.99 Å². The maximum absolute atomic E-state index is 5.01. The summed E-state index contributed by atoms with van der Waals surface area (Å²) in [7, 11) is 0. The topological polar surface area (TPSA) is 15.6 Å². The molecule has 25 heavy (non-hydrogen) atoms. The van der Waals surface area contributed by atoms with Gasteiger partial charge in [0.1, 0.15) is 5.04 Å². The fourth-order valence-electron chi connectivity index (χ4n) is 3.50. The van der Waals surface area contributed by atoms with Gasteiger partial charge in [0, 0.05) is 33.7 Å². The molecule has 2 aliphatic rings. The number of hydrogen-bond donors (Lipinski definition) is 0. The van der Waals surface area contributed by atoms with Crippen LogP contribution >= 0.6 is 27.7 Å². The Morgan fingerprint density at radius 2 is 1.68 bits per heavy atom. The van der Waals surface area contributed by atoms with Crippen molar-refractivity contribution in [1.82, 2.24) is 0 Å². The molecule has 4 rings (SSSR count). The summed E-state index contributed by atoms with van der Waals surface area (Å²) in [5, 5.41) is 1.22. The minimum Gasteiger partial charge on any atom is -0.344 e. The lowest BCUT2D eigenvalue weighted by Crippen LogP contribution is -2.26. The number of anilines is 1. The highest BCUT2D eigenvalue weighted by molar-refractivity contribution is 9.10. The highest BCUT2D eigenvalue weighted by Crippen LogP contribution is 2.37. The molecule has 2 aromatic carbocycles. The van der Waals surface area contributed by atoms with Crippen LogP contribution in [0.2, 0.25) is 0 Å². The van der Waals surface area contributed by atoms with Crippen molar-refractivity contribution in [1.29, 1.82) is 0 Å². The average molecular weight is 413 g/mol. The van der Waals surface area contributed by atoms with Gasteiger partial charge in [0.05, 0.1) is 5.69 Å². The first kappa shape index (κ1) is 16.9. The van der Waals surface area contributed by atoms with E-state index in [1.165, 1.54) is 34.8 Å². The lowest BCUT2D eigenvalue weighted by molar-refractivity contribution is 0.666. The van der Waals surface area contributed by atoms with E-state index in [0.717, 1.165) is 35.3 Å². The van der Waals surface area contributed by atoms with E-state index in [-0.39, 0.29) is 0 Å². The highest BCUT2D eigenvalue weighted by Gasteiger charge is 2.26. The van der Waals surface area contributed by atoms with Crippen LogP contribution in [0.1, 0.15) is 25.7 Å². The Morgan fingerprint density at radius 1 is 0.920 bits per heavy atom. The fourth-order valence-corrected chi connectivity index (χ4v) is 4.79. The molecular formula is C21H21BrN2S. The molecule has 0 unspecified atom stereocenters. The van der Waals surface area contributed by atoms with Gasteiger partial charge in [0.2, 0.25) is 0 Å². The van der Waals surface area contributed by atoms with Crippen LogP contribution in [-0.4, -0.2) is 17.3 Å². The first-order valence-corrected chi connectivity index (χ1v) is 10.6. The molecule has 1 aliphatic carbocycles. The van der Waals surface area contributed by atoms with Gasteiger partial charge in [0.25, 0.3) is 0 Å². The standard InChI is InChI=1S/C21H21BrN2S/c22-16-10-12-17(13-11-16)23-21-19-8-4-5-9-20(19)24(14-15-25-21)18-6-2-1-3-7-18/h1-3,6-7,10-13H,4-5,8-9,14-15H2. The number of rotatable bonds is 2. The molecule has 0 amide bonds. The number of halogens is 1. The lowest BCUT2D eigenvalue weighted by Gasteiger charge is -2.30. The highest BCUT2D eigenvalue weighted by atomic mass is 79.9. The van der Waals surface area contributed by atoms with Crippen LogP contribution < -0.4 is 4.90 Å². The van der Waals surface area contributed by atoms with E-state index in [1.54, 1.807) is 0 Å². The second-order valence-corrected chi connectivity index (χ2v) is 8.36. The maximum Gasteiger partial charge on any atom is 0.102 e. The summed E-state index contributed by atoms with van der Waals surface area (Å²) in [5.41, 5.74) is 5.29. The van der Waals surface area contributed by atoms with Crippen LogP contribution in [0.4, 0.5) is 11.4 Å². The van der Waals surface area contributed by atoms with Crippen LogP contribution in [0.15, 0.2) is 75.3 Å². The van der Waals surface area contributed by atoms with Crippen LogP contribution in [0.3, 0.4) is 0 Å². The molecule has 0 atom stereocenters. The molecule has 2 nitrogen and oxygen atoms in total.